The average Bonchev–Trinajstić information content (AvgIpc) is 2.87. The third-order valence-corrected chi connectivity index (χ3v) is 7.33. The number of sulfonamides is 1. The van der Waals surface area contributed by atoms with Crippen molar-refractivity contribution in [1.29, 1.82) is 0 Å². The van der Waals surface area contributed by atoms with Crippen molar-refractivity contribution >= 4 is 39.5 Å². The first-order valence-electron chi connectivity index (χ1n) is 10.5. The van der Waals surface area contributed by atoms with E-state index in [-0.39, 0.29) is 27.9 Å². The van der Waals surface area contributed by atoms with Gasteiger partial charge in [0.1, 0.15) is 22.3 Å². The number of aromatic nitrogens is 1. The summed E-state index contributed by atoms with van der Waals surface area (Å²) in [7, 11) is -0.911. The lowest BCUT2D eigenvalue weighted by Crippen LogP contribution is -2.51. The lowest BCUT2D eigenvalue weighted by Gasteiger charge is -2.36. The topological polar surface area (TPSA) is 130 Å². The van der Waals surface area contributed by atoms with Gasteiger partial charge >= 0.3 is 12.1 Å². The van der Waals surface area contributed by atoms with Crippen molar-refractivity contribution in [2.24, 2.45) is 0 Å². The Balaban J connectivity index is 1.88. The molecule has 0 radical (unpaired) electrons. The van der Waals surface area contributed by atoms with Crippen LogP contribution in [0.3, 0.4) is 0 Å². The fourth-order valence-electron chi connectivity index (χ4n) is 3.72. The number of carbonyl (C=O) groups excluding carboxylic acids is 1. The van der Waals surface area contributed by atoms with Crippen LogP contribution < -0.4 is 23.6 Å². The van der Waals surface area contributed by atoms with E-state index in [0.717, 1.165) is 30.1 Å². The maximum atomic E-state index is 14.8. The molecule has 0 spiro atoms. The number of urea groups is 1. The summed E-state index contributed by atoms with van der Waals surface area (Å²) in [6.07, 6.45) is -1.42. The molecule has 0 bridgehead atoms. The summed E-state index contributed by atoms with van der Waals surface area (Å²) in [5, 5.41) is 9.38. The average molecular weight is 534 g/mol. The van der Waals surface area contributed by atoms with Crippen LogP contribution in [-0.2, 0) is 16.6 Å². The molecule has 4 rings (SSSR count). The predicted molar refractivity (Wildman–Crippen MR) is 128 cm³/mol. The van der Waals surface area contributed by atoms with E-state index >= 15 is 0 Å². The quantitative estimate of drug-likeness (QED) is 0.505. The SMILES string of the molecule is COc1cc(F)c(CN2C(=O)N(c3ccc(OC)c(N(C)C(=O)O)n3)S(=O)(=O)c3ccccc32)c(F)c1. The van der Waals surface area contributed by atoms with Crippen molar-refractivity contribution in [3.05, 3.63) is 65.7 Å². The molecule has 194 valence electrons. The molecule has 0 saturated heterocycles. The zero-order chi connectivity index (χ0) is 27.1. The van der Waals surface area contributed by atoms with Gasteiger partial charge < -0.3 is 14.6 Å². The van der Waals surface area contributed by atoms with Gasteiger partial charge in [-0.05, 0) is 24.3 Å². The minimum absolute atomic E-state index is 0.00450. The van der Waals surface area contributed by atoms with Crippen molar-refractivity contribution in [2.75, 3.05) is 35.4 Å². The van der Waals surface area contributed by atoms with Crippen LogP contribution in [0.2, 0.25) is 0 Å². The number of ether oxygens (including phenoxy) is 2. The van der Waals surface area contributed by atoms with Gasteiger partial charge in [-0.2, -0.15) is 4.31 Å². The standard InChI is InChI=1S/C23H20F2N4O7S/c1-27(23(31)32)21-18(36-3)8-9-20(26-21)29-22(30)28(17-6-4-5-7-19(17)37(29,33)34)12-14-15(24)10-13(35-2)11-16(14)25/h4-11H,12H2,1-3H3,(H,31,32). The summed E-state index contributed by atoms with van der Waals surface area (Å²) in [5.41, 5.74) is -0.605. The molecule has 3 aromatic rings. The van der Waals surface area contributed by atoms with E-state index in [1.165, 1.54) is 44.6 Å². The number of carboxylic acid groups (broad SMARTS) is 1. The number of hydrogen-bond acceptors (Lipinski definition) is 7. The Bertz CT molecular complexity index is 1490. The molecular formula is C23H20F2N4O7S. The van der Waals surface area contributed by atoms with Crippen LogP contribution in [0.4, 0.5) is 35.7 Å². The second kappa shape index (κ2) is 9.54. The van der Waals surface area contributed by atoms with Gasteiger partial charge in [0, 0.05) is 24.7 Å². The van der Waals surface area contributed by atoms with E-state index in [4.69, 9.17) is 9.47 Å². The lowest BCUT2D eigenvalue weighted by atomic mass is 10.1. The number of amides is 3. The van der Waals surface area contributed by atoms with Crippen molar-refractivity contribution in [3.8, 4) is 11.5 Å². The molecule has 0 fully saturated rings. The third kappa shape index (κ3) is 4.35. The minimum Gasteiger partial charge on any atom is -0.497 e. The first-order chi connectivity index (χ1) is 17.5. The highest BCUT2D eigenvalue weighted by Gasteiger charge is 2.44. The Labute approximate surface area is 210 Å². The first kappa shape index (κ1) is 25.6. The summed E-state index contributed by atoms with van der Waals surface area (Å²) in [6, 6.07) is 8.52. The molecule has 2 aromatic carbocycles. The molecule has 1 aliphatic heterocycles. The molecule has 14 heteroatoms. The Morgan fingerprint density at radius 3 is 2.32 bits per heavy atom. The molecule has 0 aliphatic carbocycles. The normalized spacial score (nSPS) is 14.2. The number of carbonyl (C=O) groups is 2. The van der Waals surface area contributed by atoms with Gasteiger partial charge in [-0.3, -0.25) is 9.80 Å². The predicted octanol–water partition coefficient (Wildman–Crippen LogP) is 3.83. The Morgan fingerprint density at radius 1 is 1.08 bits per heavy atom. The fourth-order valence-corrected chi connectivity index (χ4v) is 5.26. The van der Waals surface area contributed by atoms with Gasteiger partial charge in [0.05, 0.1) is 26.5 Å². The molecular weight excluding hydrogens is 514 g/mol. The van der Waals surface area contributed by atoms with Crippen LogP contribution >= 0.6 is 0 Å². The summed E-state index contributed by atoms with van der Waals surface area (Å²) < 4.78 is 66.8. The van der Waals surface area contributed by atoms with Crippen molar-refractivity contribution in [1.82, 2.24) is 4.98 Å². The van der Waals surface area contributed by atoms with Crippen molar-refractivity contribution < 1.29 is 41.4 Å². The van der Waals surface area contributed by atoms with Crippen LogP contribution in [0, 0.1) is 11.6 Å². The number of hydrogen-bond donors (Lipinski definition) is 1. The molecule has 3 amide bonds. The molecule has 1 aliphatic rings. The van der Waals surface area contributed by atoms with Gasteiger partial charge in [0.2, 0.25) is 0 Å². The molecule has 2 heterocycles. The largest absolute Gasteiger partial charge is 0.497 e. The number of halogens is 2. The molecule has 1 N–H and O–H groups in total. The smallest absolute Gasteiger partial charge is 0.412 e. The highest BCUT2D eigenvalue weighted by molar-refractivity contribution is 7.94. The highest BCUT2D eigenvalue weighted by atomic mass is 32.2. The second-order valence-electron chi connectivity index (χ2n) is 7.71. The zero-order valence-corrected chi connectivity index (χ0v) is 20.5. The molecule has 1 aromatic heterocycles. The monoisotopic (exact) mass is 534 g/mol. The fraction of sp³-hybridized carbons (Fsp3) is 0.174. The van der Waals surface area contributed by atoms with Crippen LogP contribution in [0.5, 0.6) is 11.5 Å². The van der Waals surface area contributed by atoms with Gasteiger partial charge in [-0.15, -0.1) is 0 Å². The number of para-hydroxylation sites is 1. The van der Waals surface area contributed by atoms with E-state index in [0.29, 0.717) is 9.21 Å². The summed E-state index contributed by atoms with van der Waals surface area (Å²) in [5.74, 6) is -2.83. The van der Waals surface area contributed by atoms with Gasteiger partial charge in [0.15, 0.2) is 17.4 Å². The van der Waals surface area contributed by atoms with E-state index in [1.54, 1.807) is 0 Å². The molecule has 0 unspecified atom stereocenters. The molecule has 11 nitrogen and oxygen atoms in total. The van der Waals surface area contributed by atoms with E-state index in [2.05, 4.69) is 4.98 Å². The molecule has 37 heavy (non-hydrogen) atoms. The molecule has 0 atom stereocenters. The van der Waals surface area contributed by atoms with Crippen LogP contribution in [0.25, 0.3) is 0 Å². The van der Waals surface area contributed by atoms with E-state index in [9.17, 15) is 31.9 Å². The van der Waals surface area contributed by atoms with Crippen LogP contribution in [0.1, 0.15) is 5.56 Å². The number of methoxy groups -OCH3 is 2. The Morgan fingerprint density at radius 2 is 1.73 bits per heavy atom. The minimum atomic E-state index is -4.56. The number of benzene rings is 2. The summed E-state index contributed by atoms with van der Waals surface area (Å²) in [4.78, 5) is 30.4. The maximum absolute atomic E-state index is 14.8. The second-order valence-corrected chi connectivity index (χ2v) is 9.47. The van der Waals surface area contributed by atoms with Gasteiger partial charge in [-0.25, -0.2) is 31.8 Å². The maximum Gasteiger partial charge on any atom is 0.412 e. The van der Waals surface area contributed by atoms with Gasteiger partial charge in [0.25, 0.3) is 10.0 Å². The van der Waals surface area contributed by atoms with Crippen LogP contribution in [0.15, 0.2) is 53.4 Å². The highest BCUT2D eigenvalue weighted by Crippen LogP contribution is 2.39. The van der Waals surface area contributed by atoms with E-state index < -0.39 is 51.7 Å². The van der Waals surface area contributed by atoms with Crippen LogP contribution in [-0.4, -0.2) is 51.9 Å². The third-order valence-electron chi connectivity index (χ3n) is 5.60. The number of pyridine rings is 1. The van der Waals surface area contributed by atoms with Gasteiger partial charge in [-0.1, -0.05) is 12.1 Å². The summed E-state index contributed by atoms with van der Waals surface area (Å²) >= 11 is 0. The zero-order valence-electron chi connectivity index (χ0n) is 19.7. The lowest BCUT2D eigenvalue weighted by molar-refractivity contribution is 0.203. The number of fused-ring (bicyclic) bond motifs is 1. The van der Waals surface area contributed by atoms with Crippen molar-refractivity contribution in [3.63, 3.8) is 0 Å². The Kier molecular flexibility index (Phi) is 6.61. The molecule has 0 saturated carbocycles. The Hall–Kier alpha value is -4.46. The first-order valence-corrected chi connectivity index (χ1v) is 11.9. The number of nitrogens with zero attached hydrogens (tertiary/aromatic N) is 4. The van der Waals surface area contributed by atoms with Crippen molar-refractivity contribution in [2.45, 2.75) is 11.4 Å². The number of anilines is 3. The summed E-state index contributed by atoms with van der Waals surface area (Å²) in [6.45, 7) is -0.665. The van der Waals surface area contributed by atoms with E-state index in [1.807, 2.05) is 0 Å². The number of rotatable bonds is 6.